The molecular formula is C13H20F2N2O. The first-order valence-electron chi connectivity index (χ1n) is 6.03. The van der Waals surface area contributed by atoms with Gasteiger partial charge in [0.05, 0.1) is 0 Å². The van der Waals surface area contributed by atoms with Crippen molar-refractivity contribution in [3.8, 4) is 5.75 Å². The van der Waals surface area contributed by atoms with Crippen LogP contribution in [0.15, 0.2) is 18.2 Å². The molecule has 0 saturated carbocycles. The standard InChI is InChI=1S/C13H20F2N2O/c1-17(2)9-4-7-16-8-10-18-13-11(14)5-3-6-12(13)15/h3,5-6,16H,4,7-10H2,1-2H3. The second kappa shape index (κ2) is 8.00. The number of para-hydroxylation sites is 1. The summed E-state index contributed by atoms with van der Waals surface area (Å²) in [4.78, 5) is 2.10. The van der Waals surface area contributed by atoms with Gasteiger partial charge in [-0.25, -0.2) is 8.78 Å². The second-order valence-electron chi connectivity index (χ2n) is 4.31. The molecule has 0 heterocycles. The van der Waals surface area contributed by atoms with Crippen molar-refractivity contribution in [3.63, 3.8) is 0 Å². The fourth-order valence-corrected chi connectivity index (χ4v) is 1.49. The summed E-state index contributed by atoms with van der Waals surface area (Å²) in [7, 11) is 4.04. The van der Waals surface area contributed by atoms with Gasteiger partial charge in [0.1, 0.15) is 6.61 Å². The predicted octanol–water partition coefficient (Wildman–Crippen LogP) is 1.88. The van der Waals surface area contributed by atoms with Gasteiger partial charge in [0.25, 0.3) is 0 Å². The van der Waals surface area contributed by atoms with E-state index in [9.17, 15) is 8.78 Å². The molecule has 102 valence electrons. The quantitative estimate of drug-likeness (QED) is 0.721. The van der Waals surface area contributed by atoms with Gasteiger partial charge in [-0.3, -0.25) is 0 Å². The van der Waals surface area contributed by atoms with Crippen LogP contribution in [0, 0.1) is 11.6 Å². The van der Waals surface area contributed by atoms with E-state index in [1.165, 1.54) is 18.2 Å². The minimum absolute atomic E-state index is 0.250. The number of hydrogen-bond acceptors (Lipinski definition) is 3. The Morgan fingerprint density at radius 1 is 1.17 bits per heavy atom. The Morgan fingerprint density at radius 2 is 1.83 bits per heavy atom. The van der Waals surface area contributed by atoms with Gasteiger partial charge < -0.3 is 15.0 Å². The van der Waals surface area contributed by atoms with Crippen LogP contribution in [0.25, 0.3) is 0 Å². The molecule has 0 saturated heterocycles. The molecule has 3 nitrogen and oxygen atoms in total. The molecule has 0 aromatic heterocycles. The van der Waals surface area contributed by atoms with Crippen LogP contribution in [0.1, 0.15) is 6.42 Å². The molecule has 18 heavy (non-hydrogen) atoms. The minimum Gasteiger partial charge on any atom is -0.486 e. The van der Waals surface area contributed by atoms with Crippen molar-refractivity contribution in [1.29, 1.82) is 0 Å². The SMILES string of the molecule is CN(C)CCCNCCOc1c(F)cccc1F. The normalized spacial score (nSPS) is 10.9. The molecular weight excluding hydrogens is 238 g/mol. The van der Waals surface area contributed by atoms with E-state index in [0.29, 0.717) is 6.54 Å². The third-order valence-corrected chi connectivity index (χ3v) is 2.40. The second-order valence-corrected chi connectivity index (χ2v) is 4.31. The number of rotatable bonds is 8. The third kappa shape index (κ3) is 5.42. The molecule has 0 atom stereocenters. The van der Waals surface area contributed by atoms with Gasteiger partial charge in [0, 0.05) is 6.54 Å². The van der Waals surface area contributed by atoms with Gasteiger partial charge in [-0.05, 0) is 45.7 Å². The Balaban J connectivity index is 2.14. The van der Waals surface area contributed by atoms with Crippen molar-refractivity contribution in [3.05, 3.63) is 29.8 Å². The first-order valence-corrected chi connectivity index (χ1v) is 6.03. The first-order chi connectivity index (χ1) is 8.61. The van der Waals surface area contributed by atoms with Crippen LogP contribution in [0.2, 0.25) is 0 Å². The van der Waals surface area contributed by atoms with Gasteiger partial charge in [0.15, 0.2) is 17.4 Å². The summed E-state index contributed by atoms with van der Waals surface area (Å²) in [6.07, 6.45) is 1.03. The maximum Gasteiger partial charge on any atom is 0.190 e. The lowest BCUT2D eigenvalue weighted by molar-refractivity contribution is 0.281. The van der Waals surface area contributed by atoms with E-state index in [4.69, 9.17) is 4.74 Å². The van der Waals surface area contributed by atoms with E-state index in [-0.39, 0.29) is 12.4 Å². The van der Waals surface area contributed by atoms with E-state index in [1.54, 1.807) is 0 Å². The van der Waals surface area contributed by atoms with Crippen LogP contribution >= 0.6 is 0 Å². The molecule has 0 bridgehead atoms. The fraction of sp³-hybridized carbons (Fsp3) is 0.538. The van der Waals surface area contributed by atoms with Crippen LogP contribution in [-0.2, 0) is 0 Å². The van der Waals surface area contributed by atoms with Crippen molar-refractivity contribution in [1.82, 2.24) is 10.2 Å². The Bertz CT molecular complexity index is 339. The van der Waals surface area contributed by atoms with Crippen LogP contribution in [0.5, 0.6) is 5.75 Å². The van der Waals surface area contributed by atoms with Crippen molar-refractivity contribution in [2.45, 2.75) is 6.42 Å². The van der Waals surface area contributed by atoms with Gasteiger partial charge in [0.2, 0.25) is 0 Å². The van der Waals surface area contributed by atoms with Crippen LogP contribution in [0.3, 0.4) is 0 Å². The number of halogens is 2. The van der Waals surface area contributed by atoms with E-state index in [1.807, 2.05) is 14.1 Å². The summed E-state index contributed by atoms with van der Waals surface area (Å²) in [6.45, 7) is 2.69. The molecule has 0 aliphatic rings. The zero-order valence-electron chi connectivity index (χ0n) is 10.9. The highest BCUT2D eigenvalue weighted by atomic mass is 19.1. The maximum atomic E-state index is 13.2. The van der Waals surface area contributed by atoms with Crippen LogP contribution < -0.4 is 10.1 Å². The molecule has 0 fully saturated rings. The molecule has 0 aliphatic carbocycles. The number of nitrogens with one attached hydrogen (secondary N) is 1. The molecule has 1 rings (SSSR count). The minimum atomic E-state index is -0.664. The van der Waals surface area contributed by atoms with Gasteiger partial charge in [-0.15, -0.1) is 0 Å². The fourth-order valence-electron chi connectivity index (χ4n) is 1.49. The van der Waals surface area contributed by atoms with Gasteiger partial charge in [-0.2, -0.15) is 0 Å². The molecule has 1 N–H and O–H groups in total. The van der Waals surface area contributed by atoms with Gasteiger partial charge >= 0.3 is 0 Å². The monoisotopic (exact) mass is 258 g/mol. The zero-order valence-corrected chi connectivity index (χ0v) is 10.9. The zero-order chi connectivity index (χ0) is 13.4. The summed E-state index contributed by atoms with van der Waals surface area (Å²) in [5.74, 6) is -1.63. The van der Waals surface area contributed by atoms with Crippen molar-refractivity contribution in [2.75, 3.05) is 40.3 Å². The lowest BCUT2D eigenvalue weighted by Crippen LogP contribution is -2.25. The molecule has 0 spiro atoms. The summed E-state index contributed by atoms with van der Waals surface area (Å²) < 4.78 is 31.4. The maximum absolute atomic E-state index is 13.2. The summed E-state index contributed by atoms with van der Waals surface area (Å²) in [5.41, 5.74) is 0. The number of benzene rings is 1. The molecule has 0 unspecified atom stereocenters. The highest BCUT2D eigenvalue weighted by Crippen LogP contribution is 2.20. The highest BCUT2D eigenvalue weighted by molar-refractivity contribution is 5.25. The average Bonchev–Trinajstić information content (AvgIpc) is 2.30. The number of hydrogen-bond donors (Lipinski definition) is 1. The Labute approximate surface area is 107 Å². The molecule has 0 radical (unpaired) electrons. The van der Waals surface area contributed by atoms with E-state index in [2.05, 4.69) is 10.2 Å². The Hall–Kier alpha value is -1.20. The van der Waals surface area contributed by atoms with Crippen molar-refractivity contribution in [2.24, 2.45) is 0 Å². The first kappa shape index (κ1) is 14.9. The summed E-state index contributed by atoms with van der Waals surface area (Å²) in [5, 5.41) is 3.15. The van der Waals surface area contributed by atoms with Gasteiger partial charge in [-0.1, -0.05) is 6.07 Å². The number of nitrogens with zero attached hydrogens (tertiary/aromatic N) is 1. The molecule has 0 amide bonds. The van der Waals surface area contributed by atoms with E-state index >= 15 is 0 Å². The van der Waals surface area contributed by atoms with Crippen LogP contribution in [0.4, 0.5) is 8.78 Å². The van der Waals surface area contributed by atoms with Crippen molar-refractivity contribution < 1.29 is 13.5 Å². The summed E-state index contributed by atoms with van der Waals surface area (Å²) >= 11 is 0. The van der Waals surface area contributed by atoms with E-state index in [0.717, 1.165) is 19.5 Å². The summed E-state index contributed by atoms with van der Waals surface area (Å²) in [6, 6.07) is 3.68. The average molecular weight is 258 g/mol. The predicted molar refractivity (Wildman–Crippen MR) is 67.9 cm³/mol. The lowest BCUT2D eigenvalue weighted by atomic mass is 10.3. The Morgan fingerprint density at radius 3 is 2.44 bits per heavy atom. The number of ether oxygens (including phenoxy) is 1. The van der Waals surface area contributed by atoms with Crippen LogP contribution in [-0.4, -0.2) is 45.2 Å². The smallest absolute Gasteiger partial charge is 0.190 e. The molecule has 0 aliphatic heterocycles. The highest BCUT2D eigenvalue weighted by Gasteiger charge is 2.08. The Kier molecular flexibility index (Phi) is 6.60. The topological polar surface area (TPSA) is 24.5 Å². The largest absolute Gasteiger partial charge is 0.486 e. The van der Waals surface area contributed by atoms with E-state index < -0.39 is 11.6 Å². The lowest BCUT2D eigenvalue weighted by Gasteiger charge is -2.11. The molecule has 5 heteroatoms. The third-order valence-electron chi connectivity index (χ3n) is 2.40. The molecule has 1 aromatic carbocycles. The van der Waals surface area contributed by atoms with Crippen molar-refractivity contribution >= 4 is 0 Å². The molecule has 1 aromatic rings.